The normalized spacial score (nSPS) is 13.7. The van der Waals surface area contributed by atoms with Crippen molar-refractivity contribution in [2.45, 2.75) is 18.3 Å². The van der Waals surface area contributed by atoms with Crippen molar-refractivity contribution in [1.82, 2.24) is 9.97 Å². The Bertz CT molecular complexity index is 1350. The van der Waals surface area contributed by atoms with E-state index < -0.39 is 52.3 Å². The van der Waals surface area contributed by atoms with Gasteiger partial charge in [0.05, 0.1) is 26.2 Å². The molecule has 1 amide bonds. The molecule has 0 saturated carbocycles. The first-order valence-corrected chi connectivity index (χ1v) is 10.8. The van der Waals surface area contributed by atoms with Crippen molar-refractivity contribution in [3.8, 4) is 0 Å². The molecule has 1 unspecified atom stereocenters. The van der Waals surface area contributed by atoms with Gasteiger partial charge in [-0.1, -0.05) is 40.9 Å². The molecule has 1 atom stereocenters. The van der Waals surface area contributed by atoms with Crippen molar-refractivity contribution in [2.24, 2.45) is 10.2 Å². The number of benzene rings is 2. The van der Waals surface area contributed by atoms with Gasteiger partial charge in [-0.25, -0.2) is 14.4 Å². The molecule has 0 radical (unpaired) electrons. The van der Waals surface area contributed by atoms with Gasteiger partial charge < -0.3 is 0 Å². The van der Waals surface area contributed by atoms with Crippen LogP contribution in [-0.4, -0.2) is 22.1 Å². The third-order valence-corrected chi connectivity index (χ3v) is 5.84. The summed E-state index contributed by atoms with van der Waals surface area (Å²) in [5.74, 6) is -6.08. The van der Waals surface area contributed by atoms with Gasteiger partial charge in [0.2, 0.25) is 0 Å². The molecule has 3 rings (SSSR count). The Labute approximate surface area is 218 Å². The average molecular weight is 586 g/mol. The maximum atomic E-state index is 14.9. The Balaban J connectivity index is 2.04. The van der Waals surface area contributed by atoms with Gasteiger partial charge in [0, 0.05) is 18.0 Å². The number of azo groups is 1. The van der Waals surface area contributed by atoms with Crippen LogP contribution < -0.4 is 0 Å². The standard InChI is InChI=1S/C22H10Cl3F7N4O/c23-15-7-11(8-16(24)18(15)25)13(21(27,28)29)9-17(26)10-2-3-12(14(6-10)22(30,31)32)19(37)35-36-20-33-4-1-5-34-20/h1-9,13H/b17-9-,36-35+. The first-order valence-electron chi connectivity index (χ1n) is 9.71. The molecule has 0 saturated heterocycles. The minimum atomic E-state index is -5.19. The number of carbonyl (C=O) groups excluding carboxylic acids is 1. The van der Waals surface area contributed by atoms with E-state index in [1.165, 1.54) is 18.5 Å². The number of hydrogen-bond acceptors (Lipinski definition) is 4. The molecule has 194 valence electrons. The Morgan fingerprint density at radius 1 is 0.946 bits per heavy atom. The summed E-state index contributed by atoms with van der Waals surface area (Å²) in [7, 11) is 0. The van der Waals surface area contributed by atoms with E-state index in [-0.39, 0.29) is 33.2 Å². The summed E-state index contributed by atoms with van der Waals surface area (Å²) in [6.07, 6.45) is -7.73. The summed E-state index contributed by atoms with van der Waals surface area (Å²) < 4.78 is 97.0. The molecule has 0 aliphatic carbocycles. The summed E-state index contributed by atoms with van der Waals surface area (Å²) in [5.41, 5.74) is -4.15. The van der Waals surface area contributed by atoms with Gasteiger partial charge in [-0.2, -0.15) is 26.3 Å². The summed E-state index contributed by atoms with van der Waals surface area (Å²) in [6, 6.07) is 4.48. The minimum Gasteiger partial charge on any atom is -0.265 e. The minimum absolute atomic E-state index is 0.0549. The zero-order valence-corrected chi connectivity index (χ0v) is 20.0. The number of aromatic nitrogens is 2. The number of nitrogens with zero attached hydrogens (tertiary/aromatic N) is 4. The maximum Gasteiger partial charge on any atom is 0.417 e. The number of allylic oxidation sites excluding steroid dienone is 1. The van der Waals surface area contributed by atoms with Crippen molar-refractivity contribution in [2.75, 3.05) is 0 Å². The van der Waals surface area contributed by atoms with Crippen molar-refractivity contribution in [3.05, 3.63) is 92.2 Å². The lowest BCUT2D eigenvalue weighted by molar-refractivity contribution is -0.140. The highest BCUT2D eigenvalue weighted by atomic mass is 35.5. The Morgan fingerprint density at radius 2 is 1.54 bits per heavy atom. The molecule has 1 heterocycles. The van der Waals surface area contributed by atoms with E-state index in [0.717, 1.165) is 12.1 Å². The topological polar surface area (TPSA) is 67.6 Å². The van der Waals surface area contributed by atoms with Gasteiger partial charge >= 0.3 is 12.4 Å². The fraction of sp³-hybridized carbons (Fsp3) is 0.136. The van der Waals surface area contributed by atoms with Crippen LogP contribution in [0.25, 0.3) is 5.83 Å². The predicted molar refractivity (Wildman–Crippen MR) is 122 cm³/mol. The molecule has 5 nitrogen and oxygen atoms in total. The highest BCUT2D eigenvalue weighted by molar-refractivity contribution is 6.48. The SMILES string of the molecule is O=C(/N=N/c1ncccn1)c1ccc(/C(F)=C/C(c2cc(Cl)c(Cl)c(Cl)c2)C(F)(F)F)cc1C(F)(F)F. The predicted octanol–water partition coefficient (Wildman–Crippen LogP) is 9.04. The highest BCUT2D eigenvalue weighted by Gasteiger charge is 2.41. The second-order valence-corrected chi connectivity index (χ2v) is 8.34. The number of alkyl halides is 6. The molecule has 0 aliphatic heterocycles. The van der Waals surface area contributed by atoms with Crippen molar-refractivity contribution in [3.63, 3.8) is 0 Å². The molecule has 1 aromatic heterocycles. The van der Waals surface area contributed by atoms with Gasteiger partial charge in [-0.05, 0) is 42.0 Å². The Morgan fingerprint density at radius 3 is 2.08 bits per heavy atom. The van der Waals surface area contributed by atoms with Crippen LogP contribution in [0.1, 0.15) is 33.0 Å². The third kappa shape index (κ3) is 7.02. The van der Waals surface area contributed by atoms with Crippen molar-refractivity contribution < 1.29 is 35.5 Å². The average Bonchev–Trinajstić information content (AvgIpc) is 2.83. The number of rotatable bonds is 5. The zero-order chi connectivity index (χ0) is 27.5. The molecule has 0 N–H and O–H groups in total. The number of carbonyl (C=O) groups is 1. The van der Waals surface area contributed by atoms with Crippen LogP contribution in [0.15, 0.2) is 65.1 Å². The van der Waals surface area contributed by atoms with Crippen LogP contribution in [0.2, 0.25) is 15.1 Å². The molecule has 3 aromatic rings. The quantitative estimate of drug-likeness (QED) is 0.170. The number of amides is 1. The summed E-state index contributed by atoms with van der Waals surface area (Å²) in [5, 5.41) is 5.53. The first-order chi connectivity index (χ1) is 17.2. The van der Waals surface area contributed by atoms with Crippen LogP contribution in [0.4, 0.5) is 36.7 Å². The lowest BCUT2D eigenvalue weighted by Gasteiger charge is -2.19. The zero-order valence-electron chi connectivity index (χ0n) is 17.8. The maximum absolute atomic E-state index is 14.9. The molecule has 2 aromatic carbocycles. The van der Waals surface area contributed by atoms with E-state index in [9.17, 15) is 35.5 Å². The first kappa shape index (κ1) is 28.5. The van der Waals surface area contributed by atoms with Gasteiger partial charge in [0.15, 0.2) is 0 Å². The second-order valence-electron chi connectivity index (χ2n) is 7.14. The molecule has 0 aliphatic rings. The van der Waals surface area contributed by atoms with Gasteiger partial charge in [-0.3, -0.25) is 4.79 Å². The number of hydrogen-bond donors (Lipinski definition) is 0. The largest absolute Gasteiger partial charge is 0.417 e. The molecular formula is C22H10Cl3F7N4O. The molecule has 0 bridgehead atoms. The van der Waals surface area contributed by atoms with Crippen LogP contribution in [0.5, 0.6) is 0 Å². The Hall–Kier alpha value is -3.09. The monoisotopic (exact) mass is 584 g/mol. The molecule has 0 spiro atoms. The number of halogens is 10. The van der Waals surface area contributed by atoms with Gasteiger partial charge in [-0.15, -0.1) is 10.2 Å². The highest BCUT2D eigenvalue weighted by Crippen LogP contribution is 2.42. The molecular weight excluding hydrogens is 576 g/mol. The van der Waals surface area contributed by atoms with Crippen LogP contribution >= 0.6 is 34.8 Å². The summed E-state index contributed by atoms with van der Waals surface area (Å²) in [6.45, 7) is 0. The fourth-order valence-corrected chi connectivity index (χ4v) is 3.59. The van der Waals surface area contributed by atoms with Crippen LogP contribution in [0.3, 0.4) is 0 Å². The van der Waals surface area contributed by atoms with E-state index in [4.69, 9.17) is 34.8 Å². The second kappa shape index (κ2) is 11.1. The summed E-state index contributed by atoms with van der Waals surface area (Å²) in [4.78, 5) is 19.5. The van der Waals surface area contributed by atoms with E-state index in [1.54, 1.807) is 0 Å². The van der Waals surface area contributed by atoms with Crippen LogP contribution in [0, 0.1) is 0 Å². The fourth-order valence-electron chi connectivity index (χ4n) is 2.98. The van der Waals surface area contributed by atoms with E-state index >= 15 is 0 Å². The van der Waals surface area contributed by atoms with E-state index in [1.807, 2.05) is 0 Å². The molecule has 37 heavy (non-hydrogen) atoms. The smallest absolute Gasteiger partial charge is 0.265 e. The molecule has 15 heteroatoms. The lowest BCUT2D eigenvalue weighted by Crippen LogP contribution is -2.19. The van der Waals surface area contributed by atoms with E-state index in [2.05, 4.69) is 20.2 Å². The Kier molecular flexibility index (Phi) is 8.56. The van der Waals surface area contributed by atoms with Gasteiger partial charge in [0.1, 0.15) is 11.7 Å². The van der Waals surface area contributed by atoms with Crippen molar-refractivity contribution >= 4 is 52.5 Å². The lowest BCUT2D eigenvalue weighted by atomic mass is 9.95. The van der Waals surface area contributed by atoms with Crippen molar-refractivity contribution in [1.29, 1.82) is 0 Å². The third-order valence-electron chi connectivity index (χ3n) is 4.64. The summed E-state index contributed by atoms with van der Waals surface area (Å²) >= 11 is 17.3. The van der Waals surface area contributed by atoms with E-state index in [0.29, 0.717) is 12.1 Å². The molecule has 0 fully saturated rings. The van der Waals surface area contributed by atoms with Gasteiger partial charge in [0.25, 0.3) is 11.9 Å². The van der Waals surface area contributed by atoms with Crippen LogP contribution in [-0.2, 0) is 6.18 Å².